The van der Waals surface area contributed by atoms with Gasteiger partial charge in [-0.2, -0.15) is 0 Å². The van der Waals surface area contributed by atoms with Crippen molar-refractivity contribution < 1.29 is 0 Å². The summed E-state index contributed by atoms with van der Waals surface area (Å²) in [4.78, 5) is 8.15. The third-order valence-electron chi connectivity index (χ3n) is 4.85. The maximum atomic E-state index is 6.28. The molecule has 4 nitrogen and oxygen atoms in total. The Labute approximate surface area is 188 Å². The van der Waals surface area contributed by atoms with E-state index in [1.165, 1.54) is 23.3 Å². The fourth-order valence-corrected chi connectivity index (χ4v) is 4.10. The summed E-state index contributed by atoms with van der Waals surface area (Å²) in [5.74, 6) is 1.58. The molecule has 0 spiro atoms. The van der Waals surface area contributed by atoms with Crippen LogP contribution in [0.5, 0.6) is 0 Å². The van der Waals surface area contributed by atoms with Crippen molar-refractivity contribution in [1.29, 1.82) is 0 Å². The van der Waals surface area contributed by atoms with Crippen molar-refractivity contribution in [2.45, 2.75) is 25.9 Å². The van der Waals surface area contributed by atoms with Gasteiger partial charge in [-0.15, -0.1) is 35.3 Å². The van der Waals surface area contributed by atoms with Crippen LogP contribution in [0.1, 0.15) is 23.3 Å². The van der Waals surface area contributed by atoms with Crippen LogP contribution in [-0.2, 0) is 13.1 Å². The highest BCUT2D eigenvalue weighted by Gasteiger charge is 2.20. The van der Waals surface area contributed by atoms with Crippen LogP contribution >= 0.6 is 46.9 Å². The summed E-state index contributed by atoms with van der Waals surface area (Å²) in [5, 5.41) is 9.84. The van der Waals surface area contributed by atoms with Gasteiger partial charge in [0.15, 0.2) is 5.96 Å². The number of hydrogen-bond acceptors (Lipinski definition) is 3. The maximum Gasteiger partial charge on any atom is 0.191 e. The molecule has 1 fully saturated rings. The molecule has 1 aliphatic rings. The minimum absolute atomic E-state index is 0. The topological polar surface area (TPSA) is 39.7 Å². The average molecular weight is 519 g/mol. The summed E-state index contributed by atoms with van der Waals surface area (Å²) in [7, 11) is 1.83. The maximum absolute atomic E-state index is 6.28. The Bertz CT molecular complexity index is 700. The zero-order chi connectivity index (χ0) is 18.2. The van der Waals surface area contributed by atoms with Crippen LogP contribution < -0.4 is 10.6 Å². The van der Waals surface area contributed by atoms with Crippen molar-refractivity contribution in [1.82, 2.24) is 15.5 Å². The second kappa shape index (κ2) is 11.9. The molecule has 1 aromatic carbocycles. The quantitative estimate of drug-likeness (QED) is 0.334. The monoisotopic (exact) mass is 518 g/mol. The lowest BCUT2D eigenvalue weighted by atomic mass is 9.96. The molecule has 0 amide bonds. The van der Waals surface area contributed by atoms with Crippen molar-refractivity contribution in [3.63, 3.8) is 0 Å². The molecule has 2 N–H and O–H groups in total. The van der Waals surface area contributed by atoms with Crippen LogP contribution in [0.15, 0.2) is 46.8 Å². The van der Waals surface area contributed by atoms with E-state index < -0.39 is 0 Å². The Hall–Kier alpha value is -0.830. The Morgan fingerprint density at radius 1 is 1.19 bits per heavy atom. The molecule has 3 rings (SSSR count). The van der Waals surface area contributed by atoms with E-state index >= 15 is 0 Å². The largest absolute Gasteiger partial charge is 0.356 e. The van der Waals surface area contributed by atoms with Gasteiger partial charge in [-0.3, -0.25) is 9.89 Å². The summed E-state index contributed by atoms with van der Waals surface area (Å²) >= 11 is 8.05. The number of nitrogens with zero attached hydrogens (tertiary/aromatic N) is 2. The Morgan fingerprint density at radius 3 is 2.63 bits per heavy atom. The van der Waals surface area contributed by atoms with Gasteiger partial charge in [0.1, 0.15) is 0 Å². The Balaban J connectivity index is 0.00000261. The van der Waals surface area contributed by atoms with Gasteiger partial charge in [-0.05, 0) is 54.9 Å². The summed E-state index contributed by atoms with van der Waals surface area (Å²) in [6.45, 7) is 5.00. The number of halogens is 2. The Morgan fingerprint density at radius 2 is 1.96 bits per heavy atom. The van der Waals surface area contributed by atoms with E-state index in [1.54, 1.807) is 11.3 Å². The Kier molecular flexibility index (Phi) is 9.89. The third kappa shape index (κ3) is 7.25. The fraction of sp³-hybridized carbons (Fsp3) is 0.450. The predicted octanol–water partition coefficient (Wildman–Crippen LogP) is 4.60. The normalized spacial score (nSPS) is 16.0. The van der Waals surface area contributed by atoms with Crippen molar-refractivity contribution in [3.05, 3.63) is 57.2 Å². The van der Waals surface area contributed by atoms with Gasteiger partial charge in [0, 0.05) is 30.0 Å². The summed E-state index contributed by atoms with van der Waals surface area (Å²) in [6, 6.07) is 12.4. The average Bonchev–Trinajstić information content (AvgIpc) is 3.18. The summed E-state index contributed by atoms with van der Waals surface area (Å²) < 4.78 is 0. The molecule has 0 radical (unpaired) electrons. The highest BCUT2D eigenvalue weighted by molar-refractivity contribution is 14.0. The second-order valence-corrected chi connectivity index (χ2v) is 8.14. The highest BCUT2D eigenvalue weighted by Crippen LogP contribution is 2.21. The van der Waals surface area contributed by atoms with E-state index in [2.05, 4.69) is 50.2 Å². The van der Waals surface area contributed by atoms with E-state index in [1.807, 2.05) is 19.2 Å². The second-order valence-electron chi connectivity index (χ2n) is 6.70. The zero-order valence-corrected chi connectivity index (χ0v) is 19.6. The zero-order valence-electron chi connectivity index (χ0n) is 15.7. The molecular weight excluding hydrogens is 491 g/mol. The van der Waals surface area contributed by atoms with Crippen molar-refractivity contribution in [3.8, 4) is 0 Å². The van der Waals surface area contributed by atoms with Gasteiger partial charge in [-0.25, -0.2) is 0 Å². The highest BCUT2D eigenvalue weighted by atomic mass is 127. The first kappa shape index (κ1) is 22.5. The molecule has 1 aromatic heterocycles. The van der Waals surface area contributed by atoms with E-state index in [-0.39, 0.29) is 24.0 Å². The first-order valence-electron chi connectivity index (χ1n) is 9.17. The van der Waals surface area contributed by atoms with E-state index in [9.17, 15) is 0 Å². The minimum atomic E-state index is 0. The number of thiophene rings is 1. The van der Waals surface area contributed by atoms with Gasteiger partial charge < -0.3 is 10.6 Å². The molecule has 1 saturated heterocycles. The molecule has 27 heavy (non-hydrogen) atoms. The predicted molar refractivity (Wildman–Crippen MR) is 127 cm³/mol. The van der Waals surface area contributed by atoms with Gasteiger partial charge in [0.25, 0.3) is 0 Å². The SMILES string of the molecule is CN=C(NCc1cccs1)NCC1CCN(Cc2ccccc2Cl)CC1.I. The molecule has 2 heterocycles. The third-order valence-corrected chi connectivity index (χ3v) is 6.10. The van der Waals surface area contributed by atoms with Crippen molar-refractivity contribution in [2.75, 3.05) is 26.7 Å². The first-order valence-corrected chi connectivity index (χ1v) is 10.4. The molecule has 0 bridgehead atoms. The number of likely N-dealkylation sites (tertiary alicyclic amines) is 1. The molecule has 0 aliphatic carbocycles. The lowest BCUT2D eigenvalue weighted by Gasteiger charge is -2.32. The van der Waals surface area contributed by atoms with E-state index in [4.69, 9.17) is 11.6 Å². The first-order chi connectivity index (χ1) is 12.7. The number of benzene rings is 1. The molecule has 0 saturated carbocycles. The van der Waals surface area contributed by atoms with Crippen molar-refractivity contribution in [2.24, 2.45) is 10.9 Å². The number of nitrogens with one attached hydrogen (secondary N) is 2. The van der Waals surface area contributed by atoms with Crippen LogP contribution in [0.2, 0.25) is 5.02 Å². The molecule has 0 unspecified atom stereocenters. The van der Waals surface area contributed by atoms with Gasteiger partial charge in [-0.1, -0.05) is 35.9 Å². The summed E-state index contributed by atoms with van der Waals surface area (Å²) in [6.07, 6.45) is 2.42. The number of guanidine groups is 1. The number of piperidine rings is 1. The fourth-order valence-electron chi connectivity index (χ4n) is 3.26. The van der Waals surface area contributed by atoms with Crippen LogP contribution in [0, 0.1) is 5.92 Å². The molecule has 2 aromatic rings. The molecule has 0 atom stereocenters. The molecule has 7 heteroatoms. The number of hydrogen-bond donors (Lipinski definition) is 2. The summed E-state index contributed by atoms with van der Waals surface area (Å²) in [5.41, 5.74) is 1.23. The van der Waals surface area contributed by atoms with E-state index in [0.717, 1.165) is 43.7 Å². The van der Waals surface area contributed by atoms with E-state index in [0.29, 0.717) is 5.92 Å². The van der Waals surface area contributed by atoms with Crippen LogP contribution in [0.3, 0.4) is 0 Å². The lowest BCUT2D eigenvalue weighted by Crippen LogP contribution is -2.42. The molecule has 1 aliphatic heterocycles. The van der Waals surface area contributed by atoms with Crippen molar-refractivity contribution >= 4 is 52.9 Å². The van der Waals surface area contributed by atoms with Crippen LogP contribution in [0.25, 0.3) is 0 Å². The van der Waals surface area contributed by atoms with Crippen LogP contribution in [-0.4, -0.2) is 37.5 Å². The number of rotatable bonds is 6. The minimum Gasteiger partial charge on any atom is -0.356 e. The van der Waals surface area contributed by atoms with Crippen LogP contribution in [0.4, 0.5) is 0 Å². The lowest BCUT2D eigenvalue weighted by molar-refractivity contribution is 0.178. The van der Waals surface area contributed by atoms with Gasteiger partial charge in [0.05, 0.1) is 6.54 Å². The van der Waals surface area contributed by atoms with Gasteiger partial charge >= 0.3 is 0 Å². The number of aliphatic imine (C=N–C) groups is 1. The molecule has 148 valence electrons. The smallest absolute Gasteiger partial charge is 0.191 e. The molecular formula is C20H28ClIN4S. The standard InChI is InChI=1S/C20H27ClN4S.HI/c1-22-20(24-14-18-6-4-12-26-18)23-13-16-8-10-25(11-9-16)15-17-5-2-3-7-19(17)21;/h2-7,12,16H,8-11,13-15H2,1H3,(H2,22,23,24);1H. The van der Waals surface area contributed by atoms with Gasteiger partial charge in [0.2, 0.25) is 0 Å².